The number of nitrogens with zero attached hydrogens (tertiary/aromatic N) is 1. The highest BCUT2D eigenvalue weighted by molar-refractivity contribution is 5.80. The average molecular weight is 244 g/mol. The van der Waals surface area contributed by atoms with Crippen LogP contribution in [0.1, 0.15) is 18.1 Å². The standard InChI is InChI=1S/C15H20N2O/c1-11-8-16-9-14(11)15(18)17-7-6-12-4-2-3-5-13(12)10-17/h2-5,11,14,16H,6-10H2,1H3/t11-,14-/m1/s1. The summed E-state index contributed by atoms with van der Waals surface area (Å²) in [6.45, 7) is 5.65. The summed E-state index contributed by atoms with van der Waals surface area (Å²) in [4.78, 5) is 14.5. The van der Waals surface area contributed by atoms with Crippen molar-refractivity contribution >= 4 is 5.91 Å². The lowest BCUT2D eigenvalue weighted by Crippen LogP contribution is -2.41. The number of hydrogen-bond acceptors (Lipinski definition) is 2. The van der Waals surface area contributed by atoms with Crippen molar-refractivity contribution in [2.75, 3.05) is 19.6 Å². The Balaban J connectivity index is 1.74. The lowest BCUT2D eigenvalue weighted by molar-refractivity contribution is -0.136. The Kier molecular flexibility index (Phi) is 3.08. The van der Waals surface area contributed by atoms with Crippen LogP contribution in [0.5, 0.6) is 0 Å². The van der Waals surface area contributed by atoms with E-state index in [0.717, 1.165) is 32.6 Å². The van der Waals surface area contributed by atoms with Gasteiger partial charge in [0.2, 0.25) is 5.91 Å². The Labute approximate surface area is 108 Å². The van der Waals surface area contributed by atoms with Gasteiger partial charge in [0, 0.05) is 19.6 Å². The fourth-order valence-corrected chi connectivity index (χ4v) is 3.06. The molecule has 3 rings (SSSR count). The minimum Gasteiger partial charge on any atom is -0.338 e. The normalized spacial score (nSPS) is 27.1. The predicted octanol–water partition coefficient (Wildman–Crippen LogP) is 1.43. The van der Waals surface area contributed by atoms with Gasteiger partial charge in [0.15, 0.2) is 0 Å². The molecule has 1 saturated heterocycles. The summed E-state index contributed by atoms with van der Waals surface area (Å²) in [7, 11) is 0. The first-order valence-corrected chi connectivity index (χ1v) is 6.82. The van der Waals surface area contributed by atoms with Gasteiger partial charge in [-0.2, -0.15) is 0 Å². The fourth-order valence-electron chi connectivity index (χ4n) is 3.06. The molecule has 0 aromatic heterocycles. The van der Waals surface area contributed by atoms with Gasteiger partial charge >= 0.3 is 0 Å². The van der Waals surface area contributed by atoms with Gasteiger partial charge in [0.1, 0.15) is 0 Å². The first-order chi connectivity index (χ1) is 8.75. The molecule has 96 valence electrons. The largest absolute Gasteiger partial charge is 0.338 e. The highest BCUT2D eigenvalue weighted by atomic mass is 16.2. The van der Waals surface area contributed by atoms with Gasteiger partial charge in [-0.3, -0.25) is 4.79 Å². The summed E-state index contributed by atoms with van der Waals surface area (Å²) in [5, 5.41) is 3.31. The molecular weight excluding hydrogens is 224 g/mol. The number of benzene rings is 1. The number of hydrogen-bond donors (Lipinski definition) is 1. The fraction of sp³-hybridized carbons (Fsp3) is 0.533. The Morgan fingerprint density at radius 1 is 1.28 bits per heavy atom. The van der Waals surface area contributed by atoms with Gasteiger partial charge in [-0.15, -0.1) is 0 Å². The zero-order valence-corrected chi connectivity index (χ0v) is 10.9. The molecule has 1 aromatic carbocycles. The van der Waals surface area contributed by atoms with Crippen molar-refractivity contribution in [3.8, 4) is 0 Å². The van der Waals surface area contributed by atoms with Crippen molar-refractivity contribution in [2.24, 2.45) is 11.8 Å². The number of carbonyl (C=O) groups excluding carboxylic acids is 1. The lowest BCUT2D eigenvalue weighted by atomic mass is 9.94. The topological polar surface area (TPSA) is 32.3 Å². The number of carbonyl (C=O) groups is 1. The molecule has 0 radical (unpaired) electrons. The van der Waals surface area contributed by atoms with Crippen molar-refractivity contribution in [3.63, 3.8) is 0 Å². The Bertz CT molecular complexity index is 458. The molecule has 3 heteroatoms. The molecule has 0 unspecified atom stereocenters. The van der Waals surface area contributed by atoms with Crippen LogP contribution in [0.3, 0.4) is 0 Å². The van der Waals surface area contributed by atoms with E-state index >= 15 is 0 Å². The SMILES string of the molecule is C[C@@H]1CNC[C@H]1C(=O)N1CCc2ccccc2C1. The Hall–Kier alpha value is -1.35. The first-order valence-electron chi connectivity index (χ1n) is 6.82. The molecule has 1 aromatic rings. The van der Waals surface area contributed by atoms with Crippen molar-refractivity contribution in [2.45, 2.75) is 19.9 Å². The summed E-state index contributed by atoms with van der Waals surface area (Å²) in [5.41, 5.74) is 2.72. The zero-order valence-electron chi connectivity index (χ0n) is 10.9. The second-order valence-corrected chi connectivity index (χ2v) is 5.52. The molecule has 1 amide bonds. The molecule has 1 N–H and O–H groups in total. The maximum Gasteiger partial charge on any atom is 0.227 e. The predicted molar refractivity (Wildman–Crippen MR) is 71.1 cm³/mol. The molecule has 18 heavy (non-hydrogen) atoms. The van der Waals surface area contributed by atoms with Crippen molar-refractivity contribution in [1.29, 1.82) is 0 Å². The zero-order chi connectivity index (χ0) is 12.5. The molecule has 0 bridgehead atoms. The van der Waals surface area contributed by atoms with Crippen molar-refractivity contribution in [1.82, 2.24) is 10.2 Å². The van der Waals surface area contributed by atoms with Crippen LogP contribution in [0.15, 0.2) is 24.3 Å². The Morgan fingerprint density at radius 2 is 2.06 bits per heavy atom. The quantitative estimate of drug-likeness (QED) is 0.810. The number of fused-ring (bicyclic) bond motifs is 1. The molecule has 2 aliphatic rings. The third-order valence-corrected chi connectivity index (χ3v) is 4.28. The van der Waals surface area contributed by atoms with Crippen LogP contribution in [-0.4, -0.2) is 30.4 Å². The highest BCUT2D eigenvalue weighted by Crippen LogP contribution is 2.24. The summed E-state index contributed by atoms with van der Waals surface area (Å²) < 4.78 is 0. The third-order valence-electron chi connectivity index (χ3n) is 4.28. The maximum atomic E-state index is 12.5. The molecule has 2 aliphatic heterocycles. The second-order valence-electron chi connectivity index (χ2n) is 5.52. The first kappa shape index (κ1) is 11.7. The van der Waals surface area contributed by atoms with Crippen LogP contribution in [-0.2, 0) is 17.8 Å². The van der Waals surface area contributed by atoms with Crippen LogP contribution >= 0.6 is 0 Å². The van der Waals surface area contributed by atoms with E-state index in [9.17, 15) is 4.79 Å². The van der Waals surface area contributed by atoms with Crippen LogP contribution < -0.4 is 5.32 Å². The van der Waals surface area contributed by atoms with E-state index in [1.54, 1.807) is 0 Å². The van der Waals surface area contributed by atoms with E-state index in [1.807, 2.05) is 4.90 Å². The van der Waals surface area contributed by atoms with E-state index in [4.69, 9.17) is 0 Å². The molecule has 0 saturated carbocycles. The molecule has 0 aliphatic carbocycles. The van der Waals surface area contributed by atoms with E-state index in [-0.39, 0.29) is 5.92 Å². The lowest BCUT2D eigenvalue weighted by Gasteiger charge is -2.31. The third kappa shape index (κ3) is 2.03. The minimum atomic E-state index is 0.176. The maximum absolute atomic E-state index is 12.5. The van der Waals surface area contributed by atoms with Gasteiger partial charge < -0.3 is 10.2 Å². The molecule has 1 fully saturated rings. The van der Waals surface area contributed by atoms with Crippen LogP contribution in [0.4, 0.5) is 0 Å². The van der Waals surface area contributed by atoms with Crippen LogP contribution in [0.25, 0.3) is 0 Å². The summed E-state index contributed by atoms with van der Waals surface area (Å²) in [5.74, 6) is 0.979. The van der Waals surface area contributed by atoms with Crippen LogP contribution in [0.2, 0.25) is 0 Å². The van der Waals surface area contributed by atoms with Crippen LogP contribution in [0, 0.1) is 11.8 Å². The van der Waals surface area contributed by atoms with Crippen molar-refractivity contribution < 1.29 is 4.79 Å². The van der Waals surface area contributed by atoms with Gasteiger partial charge in [-0.1, -0.05) is 31.2 Å². The van der Waals surface area contributed by atoms with E-state index in [2.05, 4.69) is 36.5 Å². The Morgan fingerprint density at radius 3 is 2.78 bits per heavy atom. The molecule has 0 spiro atoms. The summed E-state index contributed by atoms with van der Waals surface area (Å²) in [6.07, 6.45) is 0.996. The smallest absolute Gasteiger partial charge is 0.227 e. The number of nitrogens with one attached hydrogen (secondary N) is 1. The monoisotopic (exact) mass is 244 g/mol. The van der Waals surface area contributed by atoms with E-state index in [0.29, 0.717) is 11.8 Å². The minimum absolute atomic E-state index is 0.176. The number of amides is 1. The second kappa shape index (κ2) is 4.73. The van der Waals surface area contributed by atoms with E-state index in [1.165, 1.54) is 11.1 Å². The average Bonchev–Trinajstić information content (AvgIpc) is 2.83. The van der Waals surface area contributed by atoms with Gasteiger partial charge in [0.05, 0.1) is 5.92 Å². The number of rotatable bonds is 1. The van der Waals surface area contributed by atoms with Gasteiger partial charge in [-0.05, 0) is 30.0 Å². The van der Waals surface area contributed by atoms with Gasteiger partial charge in [-0.25, -0.2) is 0 Å². The molecule has 2 atom stereocenters. The summed E-state index contributed by atoms with van der Waals surface area (Å²) in [6, 6.07) is 8.47. The molecular formula is C15H20N2O. The van der Waals surface area contributed by atoms with Crippen molar-refractivity contribution in [3.05, 3.63) is 35.4 Å². The highest BCUT2D eigenvalue weighted by Gasteiger charge is 2.33. The molecule has 2 heterocycles. The van der Waals surface area contributed by atoms with Gasteiger partial charge in [0.25, 0.3) is 0 Å². The summed E-state index contributed by atoms with van der Waals surface area (Å²) >= 11 is 0. The van der Waals surface area contributed by atoms with E-state index < -0.39 is 0 Å². The molecule has 3 nitrogen and oxygen atoms in total.